The maximum atomic E-state index is 11.4. The molecule has 0 bridgehead atoms. The standard InChI is InChI=1S/C9H11ClN3S.C7H7N2O.C2H5.CH3.Sn/c1-12-6-3-7-13(14-12)8-4-2-5-11-9(8)10;1-6(10)9-7-4-2-3-5-8-7;1-2;;/h4-5H,3,6-7H2,1H3;3-5H,1H3,(H,8,9,10);1H2,2H3;1H3;. The molecule has 6 nitrogen and oxygen atoms in total. The fourth-order valence-corrected chi connectivity index (χ4v) is 12.7. The van der Waals surface area contributed by atoms with Gasteiger partial charge in [0.2, 0.25) is 0 Å². The van der Waals surface area contributed by atoms with Gasteiger partial charge in [-0.3, -0.25) is 0 Å². The number of hydrogen-bond acceptors (Lipinski definition) is 6. The summed E-state index contributed by atoms with van der Waals surface area (Å²) in [5, 5.41) is 3.35. The van der Waals surface area contributed by atoms with Crippen LogP contribution in [0, 0.1) is 0 Å². The summed E-state index contributed by atoms with van der Waals surface area (Å²) in [6, 6.07) is 6.35. The van der Waals surface area contributed by atoms with Crippen molar-refractivity contribution in [2.75, 3.05) is 29.8 Å². The Balaban J connectivity index is 2.00. The summed E-state index contributed by atoms with van der Waals surface area (Å²) >= 11 is 5.21. The number of nitrogens with zero attached hydrogens (tertiary/aromatic N) is 4. The fraction of sp³-hybridized carbons (Fsp3) is 0.421. The van der Waals surface area contributed by atoms with Gasteiger partial charge in [-0.05, 0) is 0 Å². The first-order valence-electron chi connectivity index (χ1n) is 9.40. The molecule has 0 aromatic carbocycles. The van der Waals surface area contributed by atoms with Crippen LogP contribution in [0.3, 0.4) is 0 Å². The van der Waals surface area contributed by atoms with Crippen LogP contribution >= 0.6 is 23.7 Å². The van der Waals surface area contributed by atoms with Gasteiger partial charge in [0.1, 0.15) is 0 Å². The zero-order chi connectivity index (χ0) is 20.3. The first-order valence-corrected chi connectivity index (χ1v) is 18.2. The second-order valence-corrected chi connectivity index (χ2v) is 21.7. The third-order valence-electron chi connectivity index (χ3n) is 5.21. The van der Waals surface area contributed by atoms with Crippen molar-refractivity contribution >= 4 is 66.7 Å². The van der Waals surface area contributed by atoms with Crippen molar-refractivity contribution in [2.24, 2.45) is 0 Å². The molecule has 1 amide bonds. The maximum absolute atomic E-state index is 11.4. The van der Waals surface area contributed by atoms with Crippen LogP contribution in [0.25, 0.3) is 0 Å². The predicted octanol–water partition coefficient (Wildman–Crippen LogP) is 3.01. The van der Waals surface area contributed by atoms with Gasteiger partial charge in [-0.1, -0.05) is 0 Å². The molecule has 150 valence electrons. The molecular formula is C19H26ClN5OSSn. The quantitative estimate of drug-likeness (QED) is 0.367. The average Bonchev–Trinajstić information content (AvgIpc) is 2.67. The van der Waals surface area contributed by atoms with Crippen molar-refractivity contribution in [3.63, 3.8) is 0 Å². The molecule has 1 unspecified atom stereocenters. The molecule has 0 radical (unpaired) electrons. The zero-order valence-electron chi connectivity index (χ0n) is 16.7. The zero-order valence-corrected chi connectivity index (χ0v) is 21.1. The number of hydrogen-bond donors (Lipinski definition) is 1. The minimum absolute atomic E-state index is 0.111. The monoisotopic (exact) mass is 527 g/mol. The predicted molar refractivity (Wildman–Crippen MR) is 121 cm³/mol. The number of carbonyl (C=O) groups excluding carboxylic acids is 1. The average molecular weight is 527 g/mol. The van der Waals surface area contributed by atoms with E-state index in [1.54, 1.807) is 18.3 Å². The van der Waals surface area contributed by atoms with Crippen molar-refractivity contribution in [1.82, 2.24) is 14.3 Å². The van der Waals surface area contributed by atoms with Crippen LogP contribution in [0.4, 0.5) is 11.5 Å². The number of amides is 1. The molecule has 28 heavy (non-hydrogen) atoms. The number of aromatic nitrogens is 2. The molecule has 1 aliphatic rings. The molecule has 1 aliphatic heterocycles. The Morgan fingerprint density at radius 3 is 2.79 bits per heavy atom. The van der Waals surface area contributed by atoms with Crippen LogP contribution < -0.4 is 16.8 Å². The Morgan fingerprint density at radius 2 is 2.11 bits per heavy atom. The number of nitrogens with one attached hydrogen (secondary N) is 1. The molecule has 3 rings (SSSR count). The Morgan fingerprint density at radius 1 is 1.32 bits per heavy atom. The van der Waals surface area contributed by atoms with Gasteiger partial charge < -0.3 is 0 Å². The molecule has 1 fully saturated rings. The molecule has 1 N–H and O–H groups in total. The van der Waals surface area contributed by atoms with E-state index in [2.05, 4.69) is 54.9 Å². The summed E-state index contributed by atoms with van der Waals surface area (Å²) in [4.78, 5) is 22.7. The van der Waals surface area contributed by atoms with Crippen LogP contribution in [0.15, 0.2) is 30.6 Å². The summed E-state index contributed by atoms with van der Waals surface area (Å²) < 4.78 is 8.12. The molecule has 2 aromatic rings. The second kappa shape index (κ2) is 9.19. The van der Waals surface area contributed by atoms with Crippen molar-refractivity contribution in [3.8, 4) is 0 Å². The van der Waals surface area contributed by atoms with E-state index in [4.69, 9.17) is 11.6 Å². The fourth-order valence-electron chi connectivity index (χ4n) is 3.36. The van der Waals surface area contributed by atoms with E-state index in [0.717, 1.165) is 29.6 Å². The van der Waals surface area contributed by atoms with Crippen molar-refractivity contribution < 1.29 is 4.79 Å². The van der Waals surface area contributed by atoms with Gasteiger partial charge in [0, 0.05) is 0 Å². The third kappa shape index (κ3) is 4.75. The molecule has 3 heterocycles. The van der Waals surface area contributed by atoms with Crippen molar-refractivity contribution in [1.29, 1.82) is 0 Å². The summed E-state index contributed by atoms with van der Waals surface area (Å²) in [7, 11) is 2.10. The normalized spacial score (nSPS) is 17.2. The van der Waals surface area contributed by atoms with Gasteiger partial charge >= 0.3 is 181 Å². The number of anilines is 2. The van der Waals surface area contributed by atoms with Crippen LogP contribution in [0.5, 0.6) is 0 Å². The topological polar surface area (TPSA) is 61.4 Å². The Kier molecular flexibility index (Phi) is 7.11. The molecular weight excluding hydrogens is 500 g/mol. The third-order valence-corrected chi connectivity index (χ3v) is 19.5. The van der Waals surface area contributed by atoms with Gasteiger partial charge in [0.15, 0.2) is 0 Å². The van der Waals surface area contributed by atoms with E-state index >= 15 is 0 Å². The Bertz CT molecular complexity index is 870. The SMILES string of the molecule is C[CH2][Sn]([CH3])([c]1ccnc(NC(C)=O)c1)[c]1cnc(Cl)c(N2CCCN(C)S2)c1. The van der Waals surface area contributed by atoms with E-state index in [1.165, 1.54) is 14.1 Å². The van der Waals surface area contributed by atoms with Gasteiger partial charge in [-0.2, -0.15) is 0 Å². The Hall–Kier alpha value is -1.03. The molecule has 0 spiro atoms. The number of halogens is 1. The van der Waals surface area contributed by atoms with E-state index in [0.29, 0.717) is 11.0 Å². The van der Waals surface area contributed by atoms with Crippen molar-refractivity contribution in [3.05, 3.63) is 35.7 Å². The number of pyridine rings is 2. The van der Waals surface area contributed by atoms with E-state index in [9.17, 15) is 4.79 Å². The van der Waals surface area contributed by atoms with E-state index in [1.807, 2.05) is 12.3 Å². The van der Waals surface area contributed by atoms with Gasteiger partial charge in [0.25, 0.3) is 0 Å². The molecule has 1 saturated heterocycles. The van der Waals surface area contributed by atoms with E-state index < -0.39 is 18.4 Å². The molecule has 0 aliphatic carbocycles. The van der Waals surface area contributed by atoms with Crippen LogP contribution in [-0.4, -0.2) is 58.7 Å². The van der Waals surface area contributed by atoms with Crippen LogP contribution in [-0.2, 0) is 4.79 Å². The molecule has 2 aromatic heterocycles. The Labute approximate surface area is 180 Å². The molecule has 1 atom stereocenters. The second-order valence-electron chi connectivity index (χ2n) is 7.22. The van der Waals surface area contributed by atoms with Gasteiger partial charge in [-0.25, -0.2) is 0 Å². The summed E-state index contributed by atoms with van der Waals surface area (Å²) in [5.74, 6) is 0.497. The summed E-state index contributed by atoms with van der Waals surface area (Å²) in [6.07, 6.45) is 4.83. The van der Waals surface area contributed by atoms with Gasteiger partial charge in [-0.15, -0.1) is 0 Å². The molecule has 0 saturated carbocycles. The first-order chi connectivity index (χ1) is 13.3. The minimum atomic E-state index is -2.96. The summed E-state index contributed by atoms with van der Waals surface area (Å²) in [5.41, 5.74) is 0.989. The number of carbonyl (C=O) groups is 1. The first kappa shape index (κ1) is 21.7. The summed E-state index contributed by atoms with van der Waals surface area (Å²) in [6.45, 7) is 5.77. The number of rotatable bonds is 5. The van der Waals surface area contributed by atoms with Crippen LogP contribution in [0.2, 0.25) is 14.5 Å². The van der Waals surface area contributed by atoms with E-state index in [-0.39, 0.29) is 5.91 Å². The molecule has 9 heteroatoms. The van der Waals surface area contributed by atoms with Crippen LogP contribution in [0.1, 0.15) is 20.3 Å². The van der Waals surface area contributed by atoms with Crippen molar-refractivity contribution in [2.45, 2.75) is 29.6 Å². The van der Waals surface area contributed by atoms with Gasteiger partial charge in [0.05, 0.1) is 0 Å².